The van der Waals surface area contributed by atoms with Crippen molar-refractivity contribution in [3.8, 4) is 0 Å². The van der Waals surface area contributed by atoms with Crippen molar-refractivity contribution in [3.05, 3.63) is 52.3 Å². The summed E-state index contributed by atoms with van der Waals surface area (Å²) in [5.74, 6) is 0.760. The van der Waals surface area contributed by atoms with Gasteiger partial charge in [0.2, 0.25) is 11.9 Å². The van der Waals surface area contributed by atoms with Gasteiger partial charge in [-0.1, -0.05) is 28.1 Å². The summed E-state index contributed by atoms with van der Waals surface area (Å²) in [5, 5.41) is 0. The van der Waals surface area contributed by atoms with Gasteiger partial charge in [-0.15, -0.1) is 0 Å². The van der Waals surface area contributed by atoms with Crippen molar-refractivity contribution in [2.24, 2.45) is 0 Å². The number of nitrogens with zero attached hydrogens (tertiary/aromatic N) is 4. The maximum absolute atomic E-state index is 12.3. The summed E-state index contributed by atoms with van der Waals surface area (Å²) < 4.78 is 1.05. The second-order valence-corrected chi connectivity index (χ2v) is 6.53. The van der Waals surface area contributed by atoms with Crippen molar-refractivity contribution in [2.45, 2.75) is 19.4 Å². The molecular weight excluding hydrogens is 356 g/mol. The van der Waals surface area contributed by atoms with E-state index in [2.05, 4.69) is 25.9 Å². The fourth-order valence-corrected chi connectivity index (χ4v) is 2.38. The fraction of sp³-hybridized carbons (Fsp3) is 0.353. The van der Waals surface area contributed by atoms with Gasteiger partial charge < -0.3 is 9.80 Å². The summed E-state index contributed by atoms with van der Waals surface area (Å²) in [6.07, 6.45) is 2.95. The highest BCUT2D eigenvalue weighted by molar-refractivity contribution is 9.10. The summed E-state index contributed by atoms with van der Waals surface area (Å²) in [5.41, 5.74) is 2.00. The van der Waals surface area contributed by atoms with Crippen LogP contribution in [0.4, 0.5) is 5.95 Å². The second-order valence-electron chi connectivity index (χ2n) is 5.62. The zero-order chi connectivity index (χ0) is 16.8. The Hall–Kier alpha value is -1.95. The highest BCUT2D eigenvalue weighted by Gasteiger charge is 2.11. The molecule has 2 rings (SSSR count). The van der Waals surface area contributed by atoms with E-state index in [4.69, 9.17) is 0 Å². The molecule has 0 aliphatic heterocycles. The van der Waals surface area contributed by atoms with Gasteiger partial charge in [0, 0.05) is 38.2 Å². The highest BCUT2D eigenvalue weighted by atomic mass is 79.9. The van der Waals surface area contributed by atoms with Crippen LogP contribution in [0.5, 0.6) is 0 Å². The summed E-state index contributed by atoms with van der Waals surface area (Å²) >= 11 is 3.41. The maximum atomic E-state index is 12.3. The van der Waals surface area contributed by atoms with Crippen LogP contribution in [0.1, 0.15) is 17.7 Å². The van der Waals surface area contributed by atoms with Crippen LogP contribution in [0, 0.1) is 0 Å². The Morgan fingerprint density at radius 3 is 2.48 bits per heavy atom. The monoisotopic (exact) mass is 376 g/mol. The zero-order valence-electron chi connectivity index (χ0n) is 13.7. The molecule has 122 valence electrons. The lowest BCUT2D eigenvalue weighted by Crippen LogP contribution is -2.27. The number of hydrogen-bond donors (Lipinski definition) is 0. The molecule has 0 atom stereocenters. The number of aromatic nitrogens is 2. The molecule has 6 heteroatoms. The van der Waals surface area contributed by atoms with Crippen molar-refractivity contribution < 1.29 is 4.79 Å². The predicted octanol–water partition coefficient (Wildman–Crippen LogP) is 2.90. The van der Waals surface area contributed by atoms with Crippen LogP contribution < -0.4 is 4.90 Å². The quantitative estimate of drug-likeness (QED) is 0.777. The summed E-state index contributed by atoms with van der Waals surface area (Å²) in [6, 6.07) is 9.89. The van der Waals surface area contributed by atoms with Gasteiger partial charge in [-0.3, -0.25) is 4.79 Å². The molecule has 0 saturated heterocycles. The van der Waals surface area contributed by atoms with Crippen LogP contribution in [0.2, 0.25) is 0 Å². The van der Waals surface area contributed by atoms with E-state index in [9.17, 15) is 4.79 Å². The third-order valence-corrected chi connectivity index (χ3v) is 3.99. The molecule has 0 radical (unpaired) electrons. The smallest absolute Gasteiger partial charge is 0.225 e. The van der Waals surface area contributed by atoms with E-state index in [-0.39, 0.29) is 5.91 Å². The molecule has 5 nitrogen and oxygen atoms in total. The van der Waals surface area contributed by atoms with Crippen LogP contribution in [0.15, 0.2) is 41.0 Å². The number of carbonyl (C=O) groups is 1. The molecule has 0 unspecified atom stereocenters. The summed E-state index contributed by atoms with van der Waals surface area (Å²) in [4.78, 5) is 24.4. The minimum Gasteiger partial charge on any atom is -0.347 e. The highest BCUT2D eigenvalue weighted by Crippen LogP contribution is 2.13. The molecule has 1 amide bonds. The third-order valence-electron chi connectivity index (χ3n) is 3.47. The zero-order valence-corrected chi connectivity index (χ0v) is 15.2. The lowest BCUT2D eigenvalue weighted by atomic mass is 10.1. The van der Waals surface area contributed by atoms with Crippen LogP contribution in [-0.2, 0) is 17.8 Å². The molecule has 0 N–H and O–H groups in total. The van der Waals surface area contributed by atoms with E-state index in [1.165, 1.54) is 0 Å². The Balaban J connectivity index is 1.89. The van der Waals surface area contributed by atoms with Crippen molar-refractivity contribution >= 4 is 27.8 Å². The SMILES string of the molecule is CN(Cc1ccnc(N(C)C)n1)C(=O)CCc1ccc(Br)cc1. The topological polar surface area (TPSA) is 49.3 Å². The first-order valence-electron chi connectivity index (χ1n) is 7.43. The molecule has 0 saturated carbocycles. The van der Waals surface area contributed by atoms with E-state index in [0.29, 0.717) is 18.9 Å². The minimum atomic E-state index is 0.109. The van der Waals surface area contributed by atoms with Crippen LogP contribution in [0.25, 0.3) is 0 Å². The van der Waals surface area contributed by atoms with E-state index in [1.54, 1.807) is 18.1 Å². The first-order chi connectivity index (χ1) is 11.0. The molecule has 0 fully saturated rings. The number of carbonyl (C=O) groups excluding carboxylic acids is 1. The average Bonchev–Trinajstić information content (AvgIpc) is 2.54. The molecule has 1 aromatic carbocycles. The van der Waals surface area contributed by atoms with Crippen molar-refractivity contribution in [1.29, 1.82) is 0 Å². The van der Waals surface area contributed by atoms with Gasteiger partial charge in [0.25, 0.3) is 0 Å². The molecule has 1 heterocycles. The van der Waals surface area contributed by atoms with E-state index in [1.807, 2.05) is 49.3 Å². The molecule has 0 aliphatic rings. The second kappa shape index (κ2) is 8.06. The standard InChI is InChI=1S/C17H21BrN4O/c1-21(2)17-19-11-10-15(20-17)12-22(3)16(23)9-6-13-4-7-14(18)8-5-13/h4-5,7-8,10-11H,6,9,12H2,1-3H3. The largest absolute Gasteiger partial charge is 0.347 e. The lowest BCUT2D eigenvalue weighted by Gasteiger charge is -2.18. The maximum Gasteiger partial charge on any atom is 0.225 e. The van der Waals surface area contributed by atoms with Crippen LogP contribution in [0.3, 0.4) is 0 Å². The number of amides is 1. The Morgan fingerprint density at radius 2 is 1.83 bits per heavy atom. The number of hydrogen-bond acceptors (Lipinski definition) is 4. The van der Waals surface area contributed by atoms with Gasteiger partial charge in [-0.05, 0) is 30.2 Å². The fourth-order valence-electron chi connectivity index (χ4n) is 2.11. The average molecular weight is 377 g/mol. The van der Waals surface area contributed by atoms with E-state index in [0.717, 1.165) is 22.2 Å². The number of benzene rings is 1. The summed E-state index contributed by atoms with van der Waals surface area (Å²) in [6.45, 7) is 0.489. The van der Waals surface area contributed by atoms with Crippen molar-refractivity contribution in [2.75, 3.05) is 26.0 Å². The van der Waals surface area contributed by atoms with Crippen LogP contribution >= 0.6 is 15.9 Å². The van der Waals surface area contributed by atoms with Gasteiger partial charge in [0.05, 0.1) is 12.2 Å². The first kappa shape index (κ1) is 17.4. The van der Waals surface area contributed by atoms with Gasteiger partial charge >= 0.3 is 0 Å². The Bertz CT molecular complexity index is 658. The Morgan fingerprint density at radius 1 is 1.13 bits per heavy atom. The number of halogens is 1. The van der Waals surface area contributed by atoms with Crippen molar-refractivity contribution in [1.82, 2.24) is 14.9 Å². The third kappa shape index (κ3) is 5.32. The molecule has 0 spiro atoms. The lowest BCUT2D eigenvalue weighted by molar-refractivity contribution is -0.130. The molecular formula is C17H21BrN4O. The number of anilines is 1. The van der Waals surface area contributed by atoms with Gasteiger partial charge in [-0.2, -0.15) is 0 Å². The van der Waals surface area contributed by atoms with Gasteiger partial charge in [0.15, 0.2) is 0 Å². The van der Waals surface area contributed by atoms with Crippen LogP contribution in [-0.4, -0.2) is 41.9 Å². The normalized spacial score (nSPS) is 10.4. The first-order valence-corrected chi connectivity index (χ1v) is 8.22. The molecule has 1 aromatic heterocycles. The van der Waals surface area contributed by atoms with Gasteiger partial charge in [0.1, 0.15) is 0 Å². The molecule has 23 heavy (non-hydrogen) atoms. The van der Waals surface area contributed by atoms with Crippen molar-refractivity contribution in [3.63, 3.8) is 0 Å². The predicted molar refractivity (Wildman–Crippen MR) is 95.3 cm³/mol. The molecule has 0 bridgehead atoms. The minimum absolute atomic E-state index is 0.109. The Labute approximate surface area is 145 Å². The molecule has 0 aliphatic carbocycles. The van der Waals surface area contributed by atoms with Gasteiger partial charge in [-0.25, -0.2) is 9.97 Å². The molecule has 2 aromatic rings. The van der Waals surface area contributed by atoms with E-state index < -0.39 is 0 Å². The Kier molecular flexibility index (Phi) is 6.10. The van der Waals surface area contributed by atoms with E-state index >= 15 is 0 Å². The number of aryl methyl sites for hydroxylation is 1. The number of rotatable bonds is 6. The summed E-state index contributed by atoms with van der Waals surface area (Å²) in [7, 11) is 5.60.